The first-order valence-electron chi connectivity index (χ1n) is 6.34. The van der Waals surface area contributed by atoms with E-state index in [1.807, 2.05) is 27.7 Å². The van der Waals surface area contributed by atoms with Gasteiger partial charge in [-0.25, -0.2) is 0 Å². The van der Waals surface area contributed by atoms with Crippen LogP contribution in [-0.4, -0.2) is 47.2 Å². The normalized spacial score (nSPS) is 25.0. The monoisotopic (exact) mass is 257 g/mol. The van der Waals surface area contributed by atoms with Crippen molar-refractivity contribution in [2.75, 3.05) is 13.2 Å². The van der Waals surface area contributed by atoms with Gasteiger partial charge in [-0.15, -0.1) is 0 Å². The Morgan fingerprint density at radius 3 is 2.50 bits per heavy atom. The Kier molecular flexibility index (Phi) is 4.73. The van der Waals surface area contributed by atoms with E-state index in [0.717, 1.165) is 0 Å². The summed E-state index contributed by atoms with van der Waals surface area (Å²) in [6.07, 6.45) is 0.316. The largest absolute Gasteiger partial charge is 0.481 e. The van der Waals surface area contributed by atoms with Gasteiger partial charge in [-0.1, -0.05) is 13.8 Å². The fourth-order valence-corrected chi connectivity index (χ4v) is 2.23. The molecule has 1 saturated heterocycles. The number of carboxylic acids is 1. The second-order valence-corrected chi connectivity index (χ2v) is 5.95. The third-order valence-corrected chi connectivity index (χ3v) is 3.19. The molecule has 1 heterocycles. The molecule has 2 atom stereocenters. The van der Waals surface area contributed by atoms with Gasteiger partial charge in [-0.05, 0) is 19.3 Å². The van der Waals surface area contributed by atoms with E-state index in [4.69, 9.17) is 9.84 Å². The minimum Gasteiger partial charge on any atom is -0.481 e. The minimum absolute atomic E-state index is 0.00696. The van der Waals surface area contributed by atoms with Crippen LogP contribution in [0.2, 0.25) is 0 Å². The lowest BCUT2D eigenvalue weighted by Crippen LogP contribution is -2.51. The average Bonchev–Trinajstić information content (AvgIpc) is 2.18. The molecule has 0 saturated carbocycles. The van der Waals surface area contributed by atoms with Gasteiger partial charge in [-0.2, -0.15) is 0 Å². The smallest absolute Gasteiger partial charge is 0.303 e. The predicted molar refractivity (Wildman–Crippen MR) is 67.2 cm³/mol. The summed E-state index contributed by atoms with van der Waals surface area (Å²) in [4.78, 5) is 24.8. The van der Waals surface area contributed by atoms with E-state index in [0.29, 0.717) is 13.2 Å². The molecule has 1 N–H and O–H groups in total. The van der Waals surface area contributed by atoms with E-state index in [1.54, 1.807) is 4.90 Å². The predicted octanol–water partition coefficient (Wildman–Crippen LogP) is 1.51. The molecule has 1 aliphatic rings. The highest BCUT2D eigenvalue weighted by Crippen LogP contribution is 2.27. The summed E-state index contributed by atoms with van der Waals surface area (Å²) < 4.78 is 5.48. The summed E-state index contributed by atoms with van der Waals surface area (Å²) in [5.41, 5.74) is -0.510. The number of aliphatic carboxylic acids is 1. The molecule has 5 nitrogen and oxygen atoms in total. The summed E-state index contributed by atoms with van der Waals surface area (Å²) in [6.45, 7) is 8.65. The van der Waals surface area contributed by atoms with Crippen molar-refractivity contribution in [2.45, 2.75) is 52.7 Å². The maximum absolute atomic E-state index is 12.2. The number of carbonyl (C=O) groups excluding carboxylic acids is 1. The lowest BCUT2D eigenvalue weighted by atomic mass is 9.85. The molecule has 0 aromatic rings. The van der Waals surface area contributed by atoms with Crippen molar-refractivity contribution in [1.29, 1.82) is 0 Å². The summed E-state index contributed by atoms with van der Waals surface area (Å²) in [5, 5.41) is 8.82. The van der Waals surface area contributed by atoms with E-state index in [-0.39, 0.29) is 30.9 Å². The van der Waals surface area contributed by atoms with Crippen LogP contribution in [0.25, 0.3) is 0 Å². The van der Waals surface area contributed by atoms with Crippen LogP contribution in [0.3, 0.4) is 0 Å². The highest BCUT2D eigenvalue weighted by molar-refractivity contribution is 5.78. The SMILES string of the molecule is C[C@H]1CN(C(=O)CC(C)(C)CC(=O)O)[C@@H](C)CO1. The Morgan fingerprint density at radius 2 is 1.94 bits per heavy atom. The van der Waals surface area contributed by atoms with E-state index >= 15 is 0 Å². The number of morpholine rings is 1. The van der Waals surface area contributed by atoms with Crippen molar-refractivity contribution >= 4 is 11.9 Å². The first kappa shape index (κ1) is 15.0. The van der Waals surface area contributed by atoms with Crippen LogP contribution in [0.15, 0.2) is 0 Å². The molecule has 18 heavy (non-hydrogen) atoms. The number of amides is 1. The Balaban J connectivity index is 2.61. The Labute approximate surface area is 108 Å². The first-order chi connectivity index (χ1) is 8.21. The van der Waals surface area contributed by atoms with Gasteiger partial charge >= 0.3 is 5.97 Å². The molecule has 104 valence electrons. The van der Waals surface area contributed by atoms with E-state index in [2.05, 4.69) is 0 Å². The molecule has 0 aromatic carbocycles. The van der Waals surface area contributed by atoms with Crippen LogP contribution in [0.1, 0.15) is 40.5 Å². The van der Waals surface area contributed by atoms with Gasteiger partial charge in [0.1, 0.15) is 0 Å². The van der Waals surface area contributed by atoms with Gasteiger partial charge in [-0.3, -0.25) is 9.59 Å². The standard InChI is InChI=1S/C13H23NO4/c1-9-8-18-10(2)7-14(9)11(15)5-13(3,4)6-12(16)17/h9-10H,5-8H2,1-4H3,(H,16,17)/t9-,10-/m0/s1. The van der Waals surface area contributed by atoms with Crippen LogP contribution in [0, 0.1) is 5.41 Å². The molecule has 5 heteroatoms. The topological polar surface area (TPSA) is 66.8 Å². The summed E-state index contributed by atoms with van der Waals surface area (Å²) >= 11 is 0. The third-order valence-electron chi connectivity index (χ3n) is 3.19. The molecule has 0 aromatic heterocycles. The number of carbonyl (C=O) groups is 2. The third kappa shape index (κ3) is 4.29. The maximum atomic E-state index is 12.2. The molecule has 0 radical (unpaired) electrons. The van der Waals surface area contributed by atoms with Gasteiger partial charge in [0.05, 0.1) is 25.2 Å². The van der Waals surface area contributed by atoms with Crippen molar-refractivity contribution in [1.82, 2.24) is 4.90 Å². The molecule has 0 spiro atoms. The van der Waals surface area contributed by atoms with Crippen LogP contribution < -0.4 is 0 Å². The molecule has 0 bridgehead atoms. The molecule has 1 amide bonds. The van der Waals surface area contributed by atoms with Crippen molar-refractivity contribution in [3.05, 3.63) is 0 Å². The number of hydrogen-bond donors (Lipinski definition) is 1. The van der Waals surface area contributed by atoms with Gasteiger partial charge in [0.2, 0.25) is 5.91 Å². The van der Waals surface area contributed by atoms with E-state index in [9.17, 15) is 9.59 Å². The number of ether oxygens (including phenoxy) is 1. The van der Waals surface area contributed by atoms with E-state index < -0.39 is 11.4 Å². The molecule has 1 rings (SSSR count). The molecular formula is C13H23NO4. The van der Waals surface area contributed by atoms with Crippen molar-refractivity contribution < 1.29 is 19.4 Å². The number of rotatable bonds is 4. The summed E-state index contributed by atoms with van der Waals surface area (Å²) in [5.74, 6) is -0.847. The quantitative estimate of drug-likeness (QED) is 0.829. The molecule has 0 unspecified atom stereocenters. The fraction of sp³-hybridized carbons (Fsp3) is 0.846. The van der Waals surface area contributed by atoms with Crippen LogP contribution in [-0.2, 0) is 14.3 Å². The van der Waals surface area contributed by atoms with Crippen LogP contribution in [0.5, 0.6) is 0 Å². The van der Waals surface area contributed by atoms with Gasteiger partial charge in [0.25, 0.3) is 0 Å². The zero-order valence-corrected chi connectivity index (χ0v) is 11.6. The Hall–Kier alpha value is -1.10. The number of nitrogens with zero attached hydrogens (tertiary/aromatic N) is 1. The van der Waals surface area contributed by atoms with Gasteiger partial charge in [0.15, 0.2) is 0 Å². The molecule has 1 aliphatic heterocycles. The summed E-state index contributed by atoms with van der Waals surface area (Å²) in [7, 11) is 0. The lowest BCUT2D eigenvalue weighted by Gasteiger charge is -2.38. The highest BCUT2D eigenvalue weighted by atomic mass is 16.5. The van der Waals surface area contributed by atoms with Gasteiger partial charge < -0.3 is 14.7 Å². The maximum Gasteiger partial charge on any atom is 0.303 e. The average molecular weight is 257 g/mol. The fourth-order valence-electron chi connectivity index (χ4n) is 2.23. The second kappa shape index (κ2) is 5.69. The zero-order valence-electron chi connectivity index (χ0n) is 11.6. The zero-order chi connectivity index (χ0) is 13.9. The summed E-state index contributed by atoms with van der Waals surface area (Å²) in [6, 6.07) is 0.0642. The van der Waals surface area contributed by atoms with Crippen LogP contribution in [0.4, 0.5) is 0 Å². The lowest BCUT2D eigenvalue weighted by molar-refractivity contribution is -0.146. The molecule has 1 fully saturated rings. The van der Waals surface area contributed by atoms with Gasteiger partial charge in [0, 0.05) is 13.0 Å². The first-order valence-corrected chi connectivity index (χ1v) is 6.34. The Morgan fingerprint density at radius 1 is 1.33 bits per heavy atom. The number of carboxylic acid groups (broad SMARTS) is 1. The second-order valence-electron chi connectivity index (χ2n) is 5.95. The van der Waals surface area contributed by atoms with E-state index in [1.165, 1.54) is 0 Å². The van der Waals surface area contributed by atoms with Crippen molar-refractivity contribution in [3.63, 3.8) is 0 Å². The van der Waals surface area contributed by atoms with Crippen molar-refractivity contribution in [3.8, 4) is 0 Å². The molecule has 0 aliphatic carbocycles. The molecular weight excluding hydrogens is 234 g/mol. The van der Waals surface area contributed by atoms with Crippen molar-refractivity contribution in [2.24, 2.45) is 5.41 Å². The number of hydrogen-bond acceptors (Lipinski definition) is 3. The highest BCUT2D eigenvalue weighted by Gasteiger charge is 2.32. The minimum atomic E-state index is -0.865. The Bertz CT molecular complexity index is 327. The van der Waals surface area contributed by atoms with Crippen LogP contribution >= 0.6 is 0 Å².